The second kappa shape index (κ2) is 10.6. The number of amides is 1. The molecular weight excluding hydrogens is 424 g/mol. The van der Waals surface area contributed by atoms with Gasteiger partial charge < -0.3 is 19.7 Å². The maximum atomic E-state index is 13.2. The Balaban J connectivity index is 1.52. The summed E-state index contributed by atoms with van der Waals surface area (Å²) in [4.78, 5) is 15.4. The number of carbonyl (C=O) groups excluding carboxylic acids is 1. The fourth-order valence-electron chi connectivity index (χ4n) is 4.39. The fourth-order valence-corrected chi connectivity index (χ4v) is 4.39. The Morgan fingerprint density at radius 2 is 1.56 bits per heavy atom. The summed E-state index contributed by atoms with van der Waals surface area (Å²) in [6, 6.07) is 22.4. The van der Waals surface area contributed by atoms with E-state index in [1.54, 1.807) is 0 Å². The van der Waals surface area contributed by atoms with Gasteiger partial charge in [-0.15, -0.1) is 0 Å². The number of anilines is 2. The molecule has 0 aromatic heterocycles. The number of hydrogen-bond acceptors (Lipinski definition) is 4. The summed E-state index contributed by atoms with van der Waals surface area (Å²) in [5.74, 6) is 2.25. The number of ether oxygens (including phenoxy) is 2. The number of benzene rings is 3. The van der Waals surface area contributed by atoms with Crippen LogP contribution in [0, 0.1) is 0 Å². The second-order valence-electron chi connectivity index (χ2n) is 9.33. The molecule has 0 spiro atoms. The highest BCUT2D eigenvalue weighted by Gasteiger charge is 2.21. The maximum absolute atomic E-state index is 13.2. The number of rotatable bonds is 9. The van der Waals surface area contributed by atoms with Gasteiger partial charge in [-0.2, -0.15) is 0 Å². The standard InChI is InChI=1S/C29H34N2O3/c1-20(2)24-13-9-14-25(21(3)4)28(24)30-27(32)16-17-31(23-11-6-5-7-12-23)18-22-10-8-15-26-29(22)34-19-33-26/h5-15,20-21H,16-19H2,1-4H3,(H,30,32). The van der Waals surface area contributed by atoms with Crippen LogP contribution in [0.2, 0.25) is 0 Å². The monoisotopic (exact) mass is 458 g/mol. The van der Waals surface area contributed by atoms with Gasteiger partial charge in [-0.1, -0.05) is 76.2 Å². The number of hydrogen-bond donors (Lipinski definition) is 1. The van der Waals surface area contributed by atoms with E-state index < -0.39 is 0 Å². The summed E-state index contributed by atoms with van der Waals surface area (Å²) < 4.78 is 11.3. The van der Waals surface area contributed by atoms with Crippen LogP contribution in [0.5, 0.6) is 11.5 Å². The lowest BCUT2D eigenvalue weighted by molar-refractivity contribution is -0.116. The zero-order valence-corrected chi connectivity index (χ0v) is 20.5. The number of nitrogens with zero attached hydrogens (tertiary/aromatic N) is 1. The smallest absolute Gasteiger partial charge is 0.231 e. The molecule has 1 aliphatic rings. The lowest BCUT2D eigenvalue weighted by Crippen LogP contribution is -2.28. The minimum atomic E-state index is 0.0220. The first-order chi connectivity index (χ1) is 16.4. The summed E-state index contributed by atoms with van der Waals surface area (Å²) in [6.07, 6.45) is 0.380. The van der Waals surface area contributed by atoms with E-state index in [1.807, 2.05) is 30.3 Å². The molecule has 0 bridgehead atoms. The molecule has 0 radical (unpaired) electrons. The van der Waals surface area contributed by atoms with E-state index in [1.165, 1.54) is 11.1 Å². The molecule has 1 aliphatic heterocycles. The first kappa shape index (κ1) is 23.7. The number of nitrogens with one attached hydrogen (secondary N) is 1. The van der Waals surface area contributed by atoms with Gasteiger partial charge in [0.15, 0.2) is 11.5 Å². The van der Waals surface area contributed by atoms with E-state index >= 15 is 0 Å². The van der Waals surface area contributed by atoms with Crippen molar-refractivity contribution >= 4 is 17.3 Å². The van der Waals surface area contributed by atoms with Crippen LogP contribution in [-0.4, -0.2) is 19.2 Å². The van der Waals surface area contributed by atoms with E-state index in [4.69, 9.17) is 9.47 Å². The van der Waals surface area contributed by atoms with Gasteiger partial charge in [0.25, 0.3) is 0 Å². The van der Waals surface area contributed by atoms with Gasteiger partial charge in [-0.25, -0.2) is 0 Å². The molecule has 0 aliphatic carbocycles. The highest BCUT2D eigenvalue weighted by atomic mass is 16.7. The van der Waals surface area contributed by atoms with Gasteiger partial charge >= 0.3 is 0 Å². The van der Waals surface area contributed by atoms with Crippen molar-refractivity contribution in [1.82, 2.24) is 0 Å². The van der Waals surface area contributed by atoms with Crippen LogP contribution in [0.4, 0.5) is 11.4 Å². The van der Waals surface area contributed by atoms with E-state index in [9.17, 15) is 4.79 Å². The predicted octanol–water partition coefficient (Wildman–Crippen LogP) is 6.70. The van der Waals surface area contributed by atoms with Gasteiger partial charge in [0.1, 0.15) is 0 Å². The Bertz CT molecular complexity index is 1100. The van der Waals surface area contributed by atoms with Crippen LogP contribution >= 0.6 is 0 Å². The molecule has 0 unspecified atom stereocenters. The molecule has 5 heteroatoms. The molecule has 1 N–H and O–H groups in total. The van der Waals surface area contributed by atoms with E-state index in [-0.39, 0.29) is 12.7 Å². The predicted molar refractivity (Wildman–Crippen MR) is 138 cm³/mol. The number of para-hydroxylation sites is 3. The van der Waals surface area contributed by atoms with Crippen LogP contribution in [0.1, 0.15) is 62.6 Å². The van der Waals surface area contributed by atoms with Crippen molar-refractivity contribution in [3.8, 4) is 11.5 Å². The fraction of sp³-hybridized carbons (Fsp3) is 0.345. The molecule has 3 aromatic rings. The maximum Gasteiger partial charge on any atom is 0.231 e. The first-order valence-corrected chi connectivity index (χ1v) is 12.0. The highest BCUT2D eigenvalue weighted by molar-refractivity contribution is 5.93. The first-order valence-electron chi connectivity index (χ1n) is 12.0. The quantitative estimate of drug-likeness (QED) is 0.388. The van der Waals surface area contributed by atoms with Gasteiger partial charge in [0.2, 0.25) is 12.7 Å². The Hall–Kier alpha value is -3.47. The van der Waals surface area contributed by atoms with E-state index in [0.29, 0.717) is 31.3 Å². The lowest BCUT2D eigenvalue weighted by atomic mass is 9.92. The molecule has 1 amide bonds. The third-order valence-electron chi connectivity index (χ3n) is 6.21. The third-order valence-corrected chi connectivity index (χ3v) is 6.21. The Morgan fingerprint density at radius 1 is 0.882 bits per heavy atom. The Kier molecular flexibility index (Phi) is 7.41. The van der Waals surface area contributed by atoms with Gasteiger partial charge in [-0.05, 0) is 41.2 Å². The van der Waals surface area contributed by atoms with Crippen LogP contribution in [0.25, 0.3) is 0 Å². The Labute approximate surface area is 202 Å². The van der Waals surface area contributed by atoms with Crippen molar-refractivity contribution in [2.75, 3.05) is 23.6 Å². The van der Waals surface area contributed by atoms with Crippen molar-refractivity contribution < 1.29 is 14.3 Å². The second-order valence-corrected chi connectivity index (χ2v) is 9.33. The molecular formula is C29H34N2O3. The van der Waals surface area contributed by atoms with E-state index in [2.05, 4.69) is 74.3 Å². The summed E-state index contributed by atoms with van der Waals surface area (Å²) in [6.45, 7) is 10.1. The topological polar surface area (TPSA) is 50.8 Å². The zero-order valence-electron chi connectivity index (χ0n) is 20.5. The van der Waals surface area contributed by atoms with Crippen molar-refractivity contribution in [3.05, 3.63) is 83.4 Å². The van der Waals surface area contributed by atoms with Crippen molar-refractivity contribution in [2.45, 2.75) is 52.5 Å². The highest BCUT2D eigenvalue weighted by Crippen LogP contribution is 2.37. The average molecular weight is 459 g/mol. The van der Waals surface area contributed by atoms with Crippen molar-refractivity contribution in [2.24, 2.45) is 0 Å². The van der Waals surface area contributed by atoms with Crippen LogP contribution < -0.4 is 19.7 Å². The third kappa shape index (κ3) is 5.36. The van der Waals surface area contributed by atoms with Crippen LogP contribution in [-0.2, 0) is 11.3 Å². The van der Waals surface area contributed by atoms with Crippen LogP contribution in [0.3, 0.4) is 0 Å². The van der Waals surface area contributed by atoms with Gasteiger partial charge in [-0.3, -0.25) is 4.79 Å². The molecule has 178 valence electrons. The molecule has 4 rings (SSSR count). The minimum absolute atomic E-state index is 0.0220. The molecule has 1 heterocycles. The molecule has 0 saturated heterocycles. The van der Waals surface area contributed by atoms with Crippen molar-refractivity contribution in [3.63, 3.8) is 0 Å². The van der Waals surface area contributed by atoms with Gasteiger partial charge in [0.05, 0.1) is 0 Å². The SMILES string of the molecule is CC(C)c1cccc(C(C)C)c1NC(=O)CCN(Cc1cccc2c1OCO2)c1ccccc1. The molecule has 34 heavy (non-hydrogen) atoms. The van der Waals surface area contributed by atoms with E-state index in [0.717, 1.165) is 28.4 Å². The minimum Gasteiger partial charge on any atom is -0.454 e. The molecule has 0 saturated carbocycles. The number of fused-ring (bicyclic) bond motifs is 1. The largest absolute Gasteiger partial charge is 0.454 e. The normalized spacial score (nSPS) is 12.3. The summed E-state index contributed by atoms with van der Waals surface area (Å²) in [5.41, 5.74) is 5.44. The van der Waals surface area contributed by atoms with Crippen molar-refractivity contribution in [1.29, 1.82) is 0 Å². The number of carbonyl (C=O) groups is 1. The summed E-state index contributed by atoms with van der Waals surface area (Å²) in [7, 11) is 0. The molecule has 0 fully saturated rings. The molecule has 5 nitrogen and oxygen atoms in total. The van der Waals surface area contributed by atoms with Gasteiger partial charge in [0, 0.05) is 36.4 Å². The summed E-state index contributed by atoms with van der Waals surface area (Å²) in [5, 5.41) is 3.24. The summed E-state index contributed by atoms with van der Waals surface area (Å²) >= 11 is 0. The average Bonchev–Trinajstić information content (AvgIpc) is 3.32. The molecule has 0 atom stereocenters. The zero-order chi connectivity index (χ0) is 24.1. The van der Waals surface area contributed by atoms with Crippen LogP contribution in [0.15, 0.2) is 66.7 Å². The molecule has 3 aromatic carbocycles. The Morgan fingerprint density at radius 3 is 2.24 bits per heavy atom. The lowest BCUT2D eigenvalue weighted by Gasteiger charge is -2.26.